The largest absolute Gasteiger partial charge is 0.454 e. The van der Waals surface area contributed by atoms with Crippen molar-refractivity contribution in [3.63, 3.8) is 0 Å². The van der Waals surface area contributed by atoms with Crippen LogP contribution in [0.25, 0.3) is 0 Å². The van der Waals surface area contributed by atoms with Crippen LogP contribution in [0.2, 0.25) is 0 Å². The molecule has 1 aromatic carbocycles. The molecule has 0 saturated heterocycles. The molecule has 6 heteroatoms. The third-order valence-electron chi connectivity index (χ3n) is 3.50. The van der Waals surface area contributed by atoms with Gasteiger partial charge in [-0.3, -0.25) is 4.90 Å². The van der Waals surface area contributed by atoms with Gasteiger partial charge in [0.2, 0.25) is 6.79 Å². The molecular weight excluding hydrogens is 286 g/mol. The first-order valence-corrected chi connectivity index (χ1v) is 7.62. The molecule has 1 N–H and O–H groups in total. The summed E-state index contributed by atoms with van der Waals surface area (Å²) in [7, 11) is 2.00. The van der Waals surface area contributed by atoms with Gasteiger partial charge in [0.05, 0.1) is 6.61 Å². The first-order valence-electron chi connectivity index (χ1n) is 7.62. The van der Waals surface area contributed by atoms with Crippen LogP contribution in [0.4, 0.5) is 0 Å². The van der Waals surface area contributed by atoms with E-state index >= 15 is 0 Å². The summed E-state index contributed by atoms with van der Waals surface area (Å²) in [4.78, 5) is 2.10. The molecule has 0 bridgehead atoms. The van der Waals surface area contributed by atoms with E-state index in [-0.39, 0.29) is 19.7 Å². The summed E-state index contributed by atoms with van der Waals surface area (Å²) in [5.74, 6) is 1.34. The molecular formula is C16H25NO5. The van der Waals surface area contributed by atoms with Gasteiger partial charge >= 0.3 is 0 Å². The highest BCUT2D eigenvalue weighted by Crippen LogP contribution is 2.37. The molecule has 0 unspecified atom stereocenters. The second kappa shape index (κ2) is 8.33. The van der Waals surface area contributed by atoms with Crippen LogP contribution in [0.5, 0.6) is 11.5 Å². The number of ether oxygens (including phenoxy) is 4. The predicted molar refractivity (Wildman–Crippen MR) is 81.9 cm³/mol. The van der Waals surface area contributed by atoms with Gasteiger partial charge in [-0.1, -0.05) is 6.07 Å². The van der Waals surface area contributed by atoms with Crippen LogP contribution in [0.1, 0.15) is 25.0 Å². The van der Waals surface area contributed by atoms with E-state index in [1.165, 1.54) is 0 Å². The van der Waals surface area contributed by atoms with Gasteiger partial charge in [-0.25, -0.2) is 0 Å². The Labute approximate surface area is 131 Å². The number of hydrogen-bond donors (Lipinski definition) is 1. The minimum atomic E-state index is -0.244. The van der Waals surface area contributed by atoms with Gasteiger partial charge in [0.1, 0.15) is 0 Å². The quantitative estimate of drug-likeness (QED) is 0.701. The fourth-order valence-corrected chi connectivity index (χ4v) is 2.53. The summed E-state index contributed by atoms with van der Waals surface area (Å²) in [5, 5.41) is 9.64. The van der Waals surface area contributed by atoms with Crippen LogP contribution < -0.4 is 9.47 Å². The highest BCUT2D eigenvalue weighted by Gasteiger charge is 2.21. The van der Waals surface area contributed by atoms with Crippen LogP contribution in [-0.4, -0.2) is 49.9 Å². The molecule has 0 amide bonds. The van der Waals surface area contributed by atoms with Gasteiger partial charge in [-0.05, 0) is 32.5 Å². The SMILES string of the molecule is CCOC(CN(C)Cc1ccc2c(c1CO)OCO2)OCC. The number of fused-ring (bicyclic) bond motifs is 1. The van der Waals surface area contributed by atoms with Crippen molar-refractivity contribution in [1.82, 2.24) is 4.90 Å². The van der Waals surface area contributed by atoms with Crippen LogP contribution in [0.3, 0.4) is 0 Å². The van der Waals surface area contributed by atoms with E-state index in [4.69, 9.17) is 18.9 Å². The molecule has 0 radical (unpaired) electrons. The summed E-state index contributed by atoms with van der Waals surface area (Å²) in [6, 6.07) is 3.85. The molecule has 0 saturated carbocycles. The second-order valence-electron chi connectivity index (χ2n) is 5.13. The van der Waals surface area contributed by atoms with E-state index < -0.39 is 0 Å². The van der Waals surface area contributed by atoms with E-state index in [2.05, 4.69) is 4.90 Å². The molecule has 1 aliphatic heterocycles. The fraction of sp³-hybridized carbons (Fsp3) is 0.625. The zero-order valence-corrected chi connectivity index (χ0v) is 13.5. The molecule has 0 fully saturated rings. The van der Waals surface area contributed by atoms with Gasteiger partial charge < -0.3 is 24.1 Å². The Balaban J connectivity index is 2.03. The van der Waals surface area contributed by atoms with Crippen molar-refractivity contribution < 1.29 is 24.1 Å². The minimum Gasteiger partial charge on any atom is -0.454 e. The number of hydrogen-bond acceptors (Lipinski definition) is 6. The van der Waals surface area contributed by atoms with Crippen molar-refractivity contribution in [3.05, 3.63) is 23.3 Å². The number of benzene rings is 1. The average Bonchev–Trinajstić information content (AvgIpc) is 2.96. The molecule has 2 rings (SSSR count). The Kier molecular flexibility index (Phi) is 6.45. The van der Waals surface area contributed by atoms with Gasteiger partial charge in [-0.2, -0.15) is 0 Å². The maximum absolute atomic E-state index is 9.64. The maximum Gasteiger partial charge on any atom is 0.231 e. The van der Waals surface area contributed by atoms with E-state index in [0.717, 1.165) is 11.1 Å². The minimum absolute atomic E-state index is 0.0734. The van der Waals surface area contributed by atoms with Crippen LogP contribution in [0.15, 0.2) is 12.1 Å². The lowest BCUT2D eigenvalue weighted by atomic mass is 10.1. The van der Waals surface area contributed by atoms with Crippen molar-refractivity contribution >= 4 is 0 Å². The lowest BCUT2D eigenvalue weighted by Gasteiger charge is -2.24. The zero-order valence-electron chi connectivity index (χ0n) is 13.5. The Morgan fingerprint density at radius 3 is 2.59 bits per heavy atom. The van der Waals surface area contributed by atoms with E-state index in [1.807, 2.05) is 33.0 Å². The first kappa shape index (κ1) is 17.0. The van der Waals surface area contributed by atoms with Crippen LogP contribution in [0, 0.1) is 0 Å². The van der Waals surface area contributed by atoms with Crippen molar-refractivity contribution in [2.24, 2.45) is 0 Å². The molecule has 124 valence electrons. The maximum atomic E-state index is 9.64. The second-order valence-corrected chi connectivity index (χ2v) is 5.13. The van der Waals surface area contributed by atoms with Gasteiger partial charge in [0.15, 0.2) is 17.8 Å². The summed E-state index contributed by atoms with van der Waals surface area (Å²) in [5.41, 5.74) is 1.80. The fourth-order valence-electron chi connectivity index (χ4n) is 2.53. The molecule has 1 aromatic rings. The van der Waals surface area contributed by atoms with Gasteiger partial charge in [0, 0.05) is 31.9 Å². The van der Waals surface area contributed by atoms with Crippen molar-refractivity contribution in [1.29, 1.82) is 0 Å². The molecule has 1 heterocycles. The Hall–Kier alpha value is -1.34. The topological polar surface area (TPSA) is 60.4 Å². The Morgan fingerprint density at radius 1 is 1.23 bits per heavy atom. The molecule has 0 spiro atoms. The van der Waals surface area contributed by atoms with E-state index in [1.54, 1.807) is 0 Å². The molecule has 0 aromatic heterocycles. The number of aliphatic hydroxyl groups excluding tert-OH is 1. The van der Waals surface area contributed by atoms with Crippen molar-refractivity contribution in [3.8, 4) is 11.5 Å². The lowest BCUT2D eigenvalue weighted by molar-refractivity contribution is -0.145. The number of nitrogens with zero attached hydrogens (tertiary/aromatic N) is 1. The molecule has 0 aliphatic carbocycles. The van der Waals surface area contributed by atoms with Crippen molar-refractivity contribution in [2.75, 3.05) is 33.6 Å². The smallest absolute Gasteiger partial charge is 0.231 e. The highest BCUT2D eigenvalue weighted by atomic mass is 16.7. The van der Waals surface area contributed by atoms with E-state index in [0.29, 0.717) is 37.8 Å². The molecule has 6 nitrogen and oxygen atoms in total. The average molecular weight is 311 g/mol. The number of rotatable bonds is 9. The lowest BCUT2D eigenvalue weighted by Crippen LogP contribution is -2.33. The van der Waals surface area contributed by atoms with E-state index in [9.17, 15) is 5.11 Å². The summed E-state index contributed by atoms with van der Waals surface area (Å²) >= 11 is 0. The Morgan fingerprint density at radius 2 is 1.95 bits per heavy atom. The van der Waals surface area contributed by atoms with Gasteiger partial charge in [0.25, 0.3) is 0 Å². The number of aliphatic hydroxyl groups is 1. The third kappa shape index (κ3) is 4.10. The summed E-state index contributed by atoms with van der Waals surface area (Å²) < 4.78 is 21.9. The molecule has 22 heavy (non-hydrogen) atoms. The standard InChI is InChI=1S/C16H25NO5/c1-4-19-15(20-5-2)9-17(3)8-12-6-7-14-16(13(12)10-18)22-11-21-14/h6-7,15,18H,4-5,8-11H2,1-3H3. The third-order valence-corrected chi connectivity index (χ3v) is 3.50. The molecule has 1 aliphatic rings. The normalized spacial score (nSPS) is 13.4. The first-order chi connectivity index (χ1) is 10.7. The van der Waals surface area contributed by atoms with Gasteiger partial charge in [-0.15, -0.1) is 0 Å². The zero-order chi connectivity index (χ0) is 15.9. The molecule has 0 atom stereocenters. The highest BCUT2D eigenvalue weighted by molar-refractivity contribution is 5.51. The summed E-state index contributed by atoms with van der Waals surface area (Å²) in [6.45, 7) is 6.59. The number of likely N-dealkylation sites (N-methyl/N-ethyl adjacent to an activating group) is 1. The predicted octanol–water partition coefficient (Wildman–Crippen LogP) is 1.74. The Bertz CT molecular complexity index is 474. The van der Waals surface area contributed by atoms with Crippen molar-refractivity contribution in [2.45, 2.75) is 33.3 Å². The van der Waals surface area contributed by atoms with Crippen LogP contribution >= 0.6 is 0 Å². The monoisotopic (exact) mass is 311 g/mol. The van der Waals surface area contributed by atoms with Crippen LogP contribution in [-0.2, 0) is 22.6 Å². The summed E-state index contributed by atoms with van der Waals surface area (Å²) in [6.07, 6.45) is -0.244.